The number of thiol groups is 1. The second-order valence-corrected chi connectivity index (χ2v) is 8.32. The van der Waals surface area contributed by atoms with Gasteiger partial charge >= 0.3 is 0 Å². The molecule has 8 nitrogen and oxygen atoms in total. The Morgan fingerprint density at radius 3 is 2.71 bits per heavy atom. The van der Waals surface area contributed by atoms with Crippen molar-refractivity contribution in [3.63, 3.8) is 0 Å². The molecule has 0 radical (unpaired) electrons. The molecule has 1 unspecified atom stereocenters. The fourth-order valence-electron chi connectivity index (χ4n) is 4.49. The van der Waals surface area contributed by atoms with Crippen LogP contribution in [0.5, 0.6) is 5.75 Å². The topological polar surface area (TPSA) is 87.7 Å². The van der Waals surface area contributed by atoms with Crippen molar-refractivity contribution in [2.24, 2.45) is 0 Å². The van der Waals surface area contributed by atoms with Crippen LogP contribution in [0.25, 0.3) is 0 Å². The van der Waals surface area contributed by atoms with Gasteiger partial charge in [0.05, 0.1) is 19.0 Å². The largest absolute Gasteiger partial charge is 0.495 e. The molecule has 1 fully saturated rings. The number of hydrogen-bond acceptors (Lipinski definition) is 7. The molecular weight excluding hydrogens is 414 g/mol. The highest BCUT2D eigenvalue weighted by Crippen LogP contribution is 2.40. The molecule has 1 aromatic heterocycles. The van der Waals surface area contributed by atoms with E-state index in [1.54, 1.807) is 36.3 Å². The zero-order chi connectivity index (χ0) is 22.1. The number of fused-ring (bicyclic) bond motifs is 1. The smallest absolute Gasteiger partial charge is 0.249 e. The van der Waals surface area contributed by atoms with Crippen molar-refractivity contribution in [1.29, 1.82) is 0 Å². The Hall–Kier alpha value is -2.81. The summed E-state index contributed by atoms with van der Waals surface area (Å²) >= 11 is 3.87. The van der Waals surface area contributed by atoms with E-state index in [1.165, 1.54) is 20.0 Å². The van der Waals surface area contributed by atoms with E-state index in [-0.39, 0.29) is 17.1 Å². The molecule has 2 aliphatic rings. The van der Waals surface area contributed by atoms with E-state index in [0.29, 0.717) is 29.0 Å². The number of amides is 1. The molecule has 2 heterocycles. The highest BCUT2D eigenvalue weighted by atomic mass is 32.1. The first kappa shape index (κ1) is 21.4. The Labute approximate surface area is 187 Å². The van der Waals surface area contributed by atoms with Crippen LogP contribution >= 0.6 is 12.6 Å². The van der Waals surface area contributed by atoms with E-state index >= 15 is 0 Å². The lowest BCUT2D eigenvalue weighted by atomic mass is 10.0. The first-order chi connectivity index (χ1) is 14.9. The molecular formula is C22H27N5O3S. The van der Waals surface area contributed by atoms with Crippen LogP contribution in [0.3, 0.4) is 0 Å². The number of carbonyl (C=O) groups is 2. The Morgan fingerprint density at radius 2 is 2.06 bits per heavy atom. The van der Waals surface area contributed by atoms with E-state index in [2.05, 4.69) is 27.8 Å². The first-order valence-corrected chi connectivity index (χ1v) is 11.0. The van der Waals surface area contributed by atoms with Gasteiger partial charge in [-0.15, -0.1) is 12.6 Å². The van der Waals surface area contributed by atoms with Crippen LogP contribution in [0.1, 0.15) is 49.4 Å². The van der Waals surface area contributed by atoms with Crippen LogP contribution in [0, 0.1) is 0 Å². The third-order valence-corrected chi connectivity index (χ3v) is 6.37. The van der Waals surface area contributed by atoms with Crippen molar-refractivity contribution >= 4 is 46.8 Å². The molecule has 1 aliphatic heterocycles. The lowest BCUT2D eigenvalue weighted by Crippen LogP contribution is -2.55. The Morgan fingerprint density at radius 1 is 1.32 bits per heavy atom. The number of nitrogens with one attached hydrogen (secondary N) is 1. The molecule has 164 valence electrons. The number of anilines is 4. The second-order valence-electron chi connectivity index (χ2n) is 7.91. The summed E-state index contributed by atoms with van der Waals surface area (Å²) in [6.45, 7) is 2.04. The maximum absolute atomic E-state index is 13.0. The van der Waals surface area contributed by atoms with Crippen LogP contribution in [-0.4, -0.2) is 47.2 Å². The minimum atomic E-state index is -0.333. The number of methoxy groups -OCH3 is 1. The molecule has 1 aromatic carbocycles. The van der Waals surface area contributed by atoms with Crippen LogP contribution in [0.4, 0.5) is 23.1 Å². The molecule has 0 spiro atoms. The summed E-state index contributed by atoms with van der Waals surface area (Å²) in [6.07, 6.45) is 6.87. The number of carbonyl (C=O) groups excluding carboxylic acids is 2. The number of nitrogens with zero attached hydrogens (tertiary/aromatic N) is 4. The monoisotopic (exact) mass is 441 g/mol. The van der Waals surface area contributed by atoms with E-state index < -0.39 is 0 Å². The Kier molecular flexibility index (Phi) is 6.04. The molecule has 31 heavy (non-hydrogen) atoms. The molecule has 0 bridgehead atoms. The number of rotatable bonds is 6. The fraction of sp³-hybridized carbons (Fsp3) is 0.455. The number of benzene rings is 1. The average molecular weight is 442 g/mol. The van der Waals surface area contributed by atoms with Gasteiger partial charge in [-0.05, 0) is 37.5 Å². The lowest BCUT2D eigenvalue weighted by molar-refractivity contribution is -0.120. The maximum Gasteiger partial charge on any atom is 0.249 e. The predicted molar refractivity (Wildman–Crippen MR) is 124 cm³/mol. The van der Waals surface area contributed by atoms with Gasteiger partial charge in [-0.2, -0.15) is 4.98 Å². The normalized spacial score (nSPS) is 18.8. The fourth-order valence-corrected chi connectivity index (χ4v) is 4.63. The zero-order valence-corrected chi connectivity index (χ0v) is 18.9. The Bertz CT molecular complexity index is 1010. The molecule has 0 saturated heterocycles. The summed E-state index contributed by atoms with van der Waals surface area (Å²) in [6, 6.07) is 5.12. The highest BCUT2D eigenvalue weighted by Gasteiger charge is 2.41. The van der Waals surface area contributed by atoms with Crippen LogP contribution < -0.4 is 19.9 Å². The van der Waals surface area contributed by atoms with Crippen molar-refractivity contribution in [1.82, 2.24) is 9.97 Å². The van der Waals surface area contributed by atoms with E-state index in [0.717, 1.165) is 30.8 Å². The van der Waals surface area contributed by atoms with Crippen LogP contribution in [0.2, 0.25) is 0 Å². The number of ether oxygens (including phenoxy) is 1. The molecule has 1 aliphatic carbocycles. The van der Waals surface area contributed by atoms with Gasteiger partial charge in [0.2, 0.25) is 17.0 Å². The van der Waals surface area contributed by atoms with Gasteiger partial charge in [0, 0.05) is 18.7 Å². The molecule has 1 atom stereocenters. The number of aromatic nitrogens is 2. The summed E-state index contributed by atoms with van der Waals surface area (Å²) in [7, 11) is 3.32. The van der Waals surface area contributed by atoms with Crippen molar-refractivity contribution in [3.05, 3.63) is 30.0 Å². The summed E-state index contributed by atoms with van der Waals surface area (Å²) in [5, 5.41) is 2.86. The van der Waals surface area contributed by atoms with E-state index in [9.17, 15) is 9.59 Å². The number of likely N-dealkylation sites (N-methyl/N-ethyl adjacent to an activating group) is 1. The van der Waals surface area contributed by atoms with Gasteiger partial charge in [0.1, 0.15) is 17.5 Å². The first-order valence-electron chi connectivity index (χ1n) is 10.6. The number of hydrogen-bond donors (Lipinski definition) is 2. The second kappa shape index (κ2) is 8.74. The van der Waals surface area contributed by atoms with Gasteiger partial charge in [-0.1, -0.05) is 19.8 Å². The molecule has 1 amide bonds. The summed E-state index contributed by atoms with van der Waals surface area (Å²) < 4.78 is 5.42. The quantitative estimate of drug-likeness (QED) is 0.659. The minimum absolute atomic E-state index is 0.0832. The third-order valence-electron chi connectivity index (χ3n) is 6.11. The summed E-state index contributed by atoms with van der Waals surface area (Å²) in [4.78, 5) is 37.7. The van der Waals surface area contributed by atoms with Gasteiger partial charge in [0.15, 0.2) is 5.82 Å². The summed E-state index contributed by atoms with van der Waals surface area (Å²) in [5.41, 5.74) is 1.80. The van der Waals surface area contributed by atoms with Crippen LogP contribution in [0.15, 0.2) is 24.4 Å². The minimum Gasteiger partial charge on any atom is -0.495 e. The third kappa shape index (κ3) is 3.94. The van der Waals surface area contributed by atoms with Crippen molar-refractivity contribution in [2.75, 3.05) is 29.3 Å². The average Bonchev–Trinajstić information content (AvgIpc) is 3.30. The molecule has 4 rings (SSSR count). The molecule has 1 N–H and O–H groups in total. The van der Waals surface area contributed by atoms with Crippen LogP contribution in [-0.2, 0) is 4.79 Å². The van der Waals surface area contributed by atoms with Gasteiger partial charge < -0.3 is 19.9 Å². The lowest BCUT2D eigenvalue weighted by Gasteiger charge is -2.43. The van der Waals surface area contributed by atoms with E-state index in [4.69, 9.17) is 9.72 Å². The summed E-state index contributed by atoms with van der Waals surface area (Å²) in [5.74, 6) is 1.76. The van der Waals surface area contributed by atoms with Crippen molar-refractivity contribution < 1.29 is 14.3 Å². The van der Waals surface area contributed by atoms with Crippen molar-refractivity contribution in [3.8, 4) is 5.75 Å². The standard InChI is InChI=1S/C22H27N5O3S/c1-4-16-20(28)26(2)17-12-23-22(25-19(17)27(16)14-7-5-6-8-14)24-15-10-9-13(21(29)31)11-18(15)30-3/h9-12,14,16H,4-8H2,1-3H3,(H,29,31)(H,23,24,25). The van der Waals surface area contributed by atoms with Gasteiger partial charge in [0.25, 0.3) is 0 Å². The maximum atomic E-state index is 13.0. The highest BCUT2D eigenvalue weighted by molar-refractivity contribution is 7.97. The van der Waals surface area contributed by atoms with Gasteiger partial charge in [-0.25, -0.2) is 4.98 Å². The molecule has 2 aromatic rings. The van der Waals surface area contributed by atoms with Gasteiger partial charge in [-0.3, -0.25) is 9.59 Å². The zero-order valence-electron chi connectivity index (χ0n) is 18.0. The predicted octanol–water partition coefficient (Wildman–Crippen LogP) is 3.80. The van der Waals surface area contributed by atoms with Crippen molar-refractivity contribution in [2.45, 2.75) is 51.1 Å². The Balaban J connectivity index is 1.72. The molecule has 9 heteroatoms. The SMILES string of the molecule is CCC1C(=O)N(C)c2cnc(Nc3ccc(C(=O)S)cc3OC)nc2N1C1CCCC1. The van der Waals surface area contributed by atoms with E-state index in [1.807, 2.05) is 6.92 Å². The molecule has 1 saturated carbocycles.